The summed E-state index contributed by atoms with van der Waals surface area (Å²) in [6.07, 6.45) is 0.619. The summed E-state index contributed by atoms with van der Waals surface area (Å²) in [5.41, 5.74) is 0.0829. The minimum Gasteiger partial charge on any atom is -0.383 e. The second-order valence-electron chi connectivity index (χ2n) is 6.31. The maximum Gasteiger partial charge on any atom is 0.332 e. The number of nitrogens with zero attached hydrogens (tertiary/aromatic N) is 3. The molecule has 0 spiro atoms. The molecule has 10 heteroatoms. The Morgan fingerprint density at radius 1 is 1.23 bits per heavy atom. The number of methoxy groups -OCH3 is 1. The molecule has 0 unspecified atom stereocenters. The Morgan fingerprint density at radius 3 is 2.54 bits per heavy atom. The van der Waals surface area contributed by atoms with E-state index in [4.69, 9.17) is 4.74 Å². The van der Waals surface area contributed by atoms with E-state index in [0.717, 1.165) is 10.4 Å². The lowest BCUT2D eigenvalue weighted by molar-refractivity contribution is 0.186. The Kier molecular flexibility index (Phi) is 5.38. The number of sulfonamides is 1. The molecule has 1 aliphatic rings. The molecule has 0 aliphatic carbocycles. The van der Waals surface area contributed by atoms with Crippen molar-refractivity contribution in [3.63, 3.8) is 0 Å². The first-order valence-electron chi connectivity index (χ1n) is 8.54. The van der Waals surface area contributed by atoms with E-state index in [-0.39, 0.29) is 30.1 Å². The average molecular weight is 402 g/mol. The highest BCUT2D eigenvalue weighted by Gasteiger charge is 2.30. The molecular formula is C16H23N3O5S2. The number of ether oxygens (including phenoxy) is 1. The third-order valence-electron chi connectivity index (χ3n) is 4.75. The van der Waals surface area contributed by atoms with Gasteiger partial charge in [0.2, 0.25) is 10.0 Å². The first kappa shape index (κ1) is 19.3. The average Bonchev–Trinajstić information content (AvgIpc) is 3.08. The minimum absolute atomic E-state index is 0.165. The SMILES string of the molecule is CCn1c(=O)c2c(C)c(CN3CCCS3(=O)=O)sc2n(CCOC)c1=O. The summed E-state index contributed by atoms with van der Waals surface area (Å²) in [5, 5.41) is 0.499. The molecule has 26 heavy (non-hydrogen) atoms. The monoisotopic (exact) mass is 401 g/mol. The molecule has 3 rings (SSSR count). The van der Waals surface area contributed by atoms with Gasteiger partial charge in [0.1, 0.15) is 4.83 Å². The Hall–Kier alpha value is -1.49. The van der Waals surface area contributed by atoms with Gasteiger partial charge < -0.3 is 4.74 Å². The summed E-state index contributed by atoms with van der Waals surface area (Å²) in [7, 11) is -1.67. The van der Waals surface area contributed by atoms with Crippen molar-refractivity contribution in [3.8, 4) is 0 Å². The predicted molar refractivity (Wildman–Crippen MR) is 101 cm³/mol. The molecule has 0 saturated carbocycles. The molecule has 0 bridgehead atoms. The van der Waals surface area contributed by atoms with Gasteiger partial charge in [-0.05, 0) is 25.8 Å². The summed E-state index contributed by atoms with van der Waals surface area (Å²) in [4.78, 5) is 26.9. The fourth-order valence-corrected chi connectivity index (χ4v) is 6.18. The number of hydrogen-bond acceptors (Lipinski definition) is 6. The summed E-state index contributed by atoms with van der Waals surface area (Å²) < 4.78 is 33.6. The molecule has 2 aromatic heterocycles. The van der Waals surface area contributed by atoms with E-state index < -0.39 is 10.0 Å². The molecule has 0 aromatic carbocycles. The molecular weight excluding hydrogens is 378 g/mol. The maximum atomic E-state index is 12.8. The smallest absolute Gasteiger partial charge is 0.332 e. The van der Waals surface area contributed by atoms with Gasteiger partial charge in [-0.15, -0.1) is 11.3 Å². The number of thiophene rings is 1. The Bertz CT molecular complexity index is 1050. The lowest BCUT2D eigenvalue weighted by Gasteiger charge is -2.13. The molecule has 0 atom stereocenters. The fraction of sp³-hybridized carbons (Fsp3) is 0.625. The standard InChI is InChI=1S/C16H23N3O5S2/c1-4-18-14(20)13-11(2)12(10-17-6-5-9-26(17,22)23)25-15(13)19(16(18)21)7-8-24-3/h4-10H2,1-3H3. The largest absolute Gasteiger partial charge is 0.383 e. The lowest BCUT2D eigenvalue weighted by atomic mass is 10.2. The van der Waals surface area contributed by atoms with Crippen LogP contribution in [0.2, 0.25) is 0 Å². The van der Waals surface area contributed by atoms with E-state index in [1.165, 1.54) is 20.2 Å². The highest BCUT2D eigenvalue weighted by atomic mass is 32.2. The molecule has 1 aliphatic heterocycles. The molecule has 8 nitrogen and oxygen atoms in total. The Labute approximate surface area is 155 Å². The van der Waals surface area contributed by atoms with Gasteiger partial charge in [-0.3, -0.25) is 13.9 Å². The number of aromatic nitrogens is 2. The van der Waals surface area contributed by atoms with Crippen molar-refractivity contribution < 1.29 is 13.2 Å². The second kappa shape index (κ2) is 7.26. The van der Waals surface area contributed by atoms with Gasteiger partial charge in [-0.25, -0.2) is 13.2 Å². The van der Waals surface area contributed by atoms with Crippen LogP contribution in [0.3, 0.4) is 0 Å². The van der Waals surface area contributed by atoms with Gasteiger partial charge >= 0.3 is 5.69 Å². The van der Waals surface area contributed by atoms with E-state index in [9.17, 15) is 18.0 Å². The zero-order valence-corrected chi connectivity index (χ0v) is 16.8. The first-order valence-corrected chi connectivity index (χ1v) is 11.0. The van der Waals surface area contributed by atoms with Gasteiger partial charge in [0.05, 0.1) is 24.3 Å². The summed E-state index contributed by atoms with van der Waals surface area (Å²) >= 11 is 1.32. The zero-order valence-electron chi connectivity index (χ0n) is 15.1. The van der Waals surface area contributed by atoms with Gasteiger partial charge in [0.25, 0.3) is 5.56 Å². The van der Waals surface area contributed by atoms with Crippen LogP contribution in [0.5, 0.6) is 0 Å². The van der Waals surface area contributed by atoms with Crippen LogP contribution in [0, 0.1) is 6.92 Å². The molecule has 2 aromatic rings. The number of fused-ring (bicyclic) bond motifs is 1. The van der Waals surface area contributed by atoms with E-state index in [0.29, 0.717) is 36.3 Å². The number of rotatable bonds is 6. The summed E-state index contributed by atoms with van der Waals surface area (Å²) in [6, 6.07) is 0. The van der Waals surface area contributed by atoms with Crippen molar-refractivity contribution in [2.24, 2.45) is 0 Å². The third-order valence-corrected chi connectivity index (χ3v) is 7.95. The maximum absolute atomic E-state index is 12.8. The van der Waals surface area contributed by atoms with Crippen LogP contribution in [-0.4, -0.2) is 47.9 Å². The van der Waals surface area contributed by atoms with Crippen molar-refractivity contribution in [1.82, 2.24) is 13.4 Å². The summed E-state index contributed by atoms with van der Waals surface area (Å²) in [6.45, 7) is 5.30. The van der Waals surface area contributed by atoms with Crippen LogP contribution < -0.4 is 11.2 Å². The highest BCUT2D eigenvalue weighted by molar-refractivity contribution is 7.89. The van der Waals surface area contributed by atoms with Crippen molar-refractivity contribution in [3.05, 3.63) is 31.3 Å². The topological polar surface area (TPSA) is 90.6 Å². The second-order valence-corrected chi connectivity index (χ2v) is 9.48. The lowest BCUT2D eigenvalue weighted by Crippen LogP contribution is -2.39. The van der Waals surface area contributed by atoms with E-state index >= 15 is 0 Å². The molecule has 144 valence electrons. The van der Waals surface area contributed by atoms with Crippen LogP contribution in [0.25, 0.3) is 10.2 Å². The third kappa shape index (κ3) is 3.15. The normalized spacial score (nSPS) is 17.3. The van der Waals surface area contributed by atoms with Crippen LogP contribution in [0.1, 0.15) is 23.8 Å². The predicted octanol–water partition coefficient (Wildman–Crippen LogP) is 0.735. The Morgan fingerprint density at radius 2 is 1.96 bits per heavy atom. The molecule has 1 saturated heterocycles. The quantitative estimate of drug-likeness (QED) is 0.712. The highest BCUT2D eigenvalue weighted by Crippen LogP contribution is 2.30. The molecule has 3 heterocycles. The first-order chi connectivity index (χ1) is 12.3. The van der Waals surface area contributed by atoms with Gasteiger partial charge in [-0.1, -0.05) is 0 Å². The number of aryl methyl sites for hydroxylation is 1. The van der Waals surface area contributed by atoms with Crippen molar-refractivity contribution in [1.29, 1.82) is 0 Å². The van der Waals surface area contributed by atoms with Crippen LogP contribution in [-0.2, 0) is 34.4 Å². The zero-order chi connectivity index (χ0) is 19.1. The van der Waals surface area contributed by atoms with Crippen LogP contribution in [0.15, 0.2) is 9.59 Å². The Balaban J connectivity index is 2.19. The minimum atomic E-state index is -3.23. The van der Waals surface area contributed by atoms with Crippen molar-refractivity contribution >= 4 is 31.6 Å². The molecule has 0 N–H and O–H groups in total. The molecule has 1 fully saturated rings. The van der Waals surface area contributed by atoms with E-state index in [2.05, 4.69) is 0 Å². The van der Waals surface area contributed by atoms with Gasteiger partial charge in [0, 0.05) is 31.6 Å². The van der Waals surface area contributed by atoms with Crippen molar-refractivity contribution in [2.45, 2.75) is 39.9 Å². The van der Waals surface area contributed by atoms with Crippen molar-refractivity contribution in [2.75, 3.05) is 26.0 Å². The molecule has 0 amide bonds. The number of hydrogen-bond donors (Lipinski definition) is 0. The van der Waals surface area contributed by atoms with Crippen LogP contribution >= 0.6 is 11.3 Å². The fourth-order valence-electron chi connectivity index (χ4n) is 3.28. The van der Waals surface area contributed by atoms with E-state index in [1.807, 2.05) is 6.92 Å². The molecule has 0 radical (unpaired) electrons. The van der Waals surface area contributed by atoms with Crippen LogP contribution in [0.4, 0.5) is 0 Å². The van der Waals surface area contributed by atoms with Gasteiger partial charge in [-0.2, -0.15) is 4.31 Å². The van der Waals surface area contributed by atoms with Gasteiger partial charge in [0.15, 0.2) is 0 Å². The summed E-state index contributed by atoms with van der Waals surface area (Å²) in [5.74, 6) is 0.165. The van der Waals surface area contributed by atoms with E-state index in [1.54, 1.807) is 18.6 Å².